The quantitative estimate of drug-likeness (QED) is 0.531. The number of hydrogen-bond donors (Lipinski definition) is 0. The molecule has 2 aliphatic carbocycles. The molecule has 13 heavy (non-hydrogen) atoms. The average Bonchev–Trinajstić information content (AvgIpc) is 2.17. The number of hydrogen-bond acceptors (Lipinski definition) is 0. The monoisotopic (exact) mass is 176 g/mol. The maximum Gasteiger partial charge on any atom is -0.00295 e. The standard InChI is InChI=1S/C13H20/c1-11(2)13-9-5-3-7-12(13)8-4-6-10-13/h3,6-7,10-12H,4-5,8-9H2,1-2H3. The van der Waals surface area contributed by atoms with Crippen LogP contribution >= 0.6 is 0 Å². The van der Waals surface area contributed by atoms with E-state index in [4.69, 9.17) is 0 Å². The zero-order valence-corrected chi connectivity index (χ0v) is 8.79. The molecule has 2 rings (SSSR count). The topological polar surface area (TPSA) is 0 Å². The third-order valence-electron chi connectivity index (χ3n) is 3.95. The van der Waals surface area contributed by atoms with Crippen molar-refractivity contribution in [3.63, 3.8) is 0 Å². The molecule has 72 valence electrons. The van der Waals surface area contributed by atoms with Crippen molar-refractivity contribution in [2.24, 2.45) is 17.3 Å². The lowest BCUT2D eigenvalue weighted by Crippen LogP contribution is -2.36. The summed E-state index contributed by atoms with van der Waals surface area (Å²) in [6.07, 6.45) is 15.0. The van der Waals surface area contributed by atoms with Crippen molar-refractivity contribution < 1.29 is 0 Å². The van der Waals surface area contributed by atoms with Crippen LogP contribution in [-0.2, 0) is 0 Å². The van der Waals surface area contributed by atoms with Crippen LogP contribution < -0.4 is 0 Å². The second-order valence-corrected chi connectivity index (χ2v) is 4.82. The molecule has 0 aromatic carbocycles. The SMILES string of the molecule is CC(C)C12C=CCCC1C=CCC2. The van der Waals surface area contributed by atoms with Crippen LogP contribution in [0.3, 0.4) is 0 Å². The number of rotatable bonds is 1. The molecule has 0 saturated carbocycles. The molecule has 0 aliphatic heterocycles. The first-order chi connectivity index (χ1) is 6.26. The van der Waals surface area contributed by atoms with Gasteiger partial charge in [0.1, 0.15) is 0 Å². The van der Waals surface area contributed by atoms with E-state index in [9.17, 15) is 0 Å². The number of allylic oxidation sites excluding steroid dienone is 4. The molecule has 0 heteroatoms. The molecule has 0 aromatic rings. The number of fused-ring (bicyclic) bond motifs is 1. The van der Waals surface area contributed by atoms with Gasteiger partial charge in [-0.25, -0.2) is 0 Å². The van der Waals surface area contributed by atoms with Crippen LogP contribution in [0.2, 0.25) is 0 Å². The van der Waals surface area contributed by atoms with Crippen molar-refractivity contribution in [2.45, 2.75) is 39.5 Å². The highest BCUT2D eigenvalue weighted by molar-refractivity contribution is 5.16. The smallest absolute Gasteiger partial charge is 0.00295 e. The van der Waals surface area contributed by atoms with Crippen LogP contribution in [0.5, 0.6) is 0 Å². The van der Waals surface area contributed by atoms with Gasteiger partial charge < -0.3 is 0 Å². The summed E-state index contributed by atoms with van der Waals surface area (Å²) in [7, 11) is 0. The Bertz CT molecular complexity index is 234. The van der Waals surface area contributed by atoms with Gasteiger partial charge in [0.15, 0.2) is 0 Å². The molecule has 2 atom stereocenters. The highest BCUT2D eigenvalue weighted by Crippen LogP contribution is 2.49. The van der Waals surface area contributed by atoms with E-state index in [0.29, 0.717) is 5.41 Å². The average molecular weight is 176 g/mol. The maximum atomic E-state index is 2.51. The molecule has 0 spiro atoms. The molecule has 0 radical (unpaired) electrons. The van der Waals surface area contributed by atoms with E-state index >= 15 is 0 Å². The molecule has 0 aromatic heterocycles. The second kappa shape index (κ2) is 3.32. The molecule has 2 unspecified atom stereocenters. The molecular formula is C13H20. The molecule has 0 saturated heterocycles. The lowest BCUT2D eigenvalue weighted by atomic mass is 9.59. The first kappa shape index (κ1) is 9.05. The summed E-state index contributed by atoms with van der Waals surface area (Å²) in [4.78, 5) is 0. The fourth-order valence-electron chi connectivity index (χ4n) is 3.02. The van der Waals surface area contributed by atoms with Gasteiger partial charge in [0.2, 0.25) is 0 Å². The lowest BCUT2D eigenvalue weighted by Gasteiger charge is -2.45. The van der Waals surface area contributed by atoms with Gasteiger partial charge in [-0.05, 0) is 42.9 Å². The van der Waals surface area contributed by atoms with E-state index in [1.807, 2.05) is 0 Å². The summed E-state index contributed by atoms with van der Waals surface area (Å²) < 4.78 is 0. The van der Waals surface area contributed by atoms with E-state index in [-0.39, 0.29) is 0 Å². The van der Waals surface area contributed by atoms with Crippen molar-refractivity contribution in [3.8, 4) is 0 Å². The normalized spacial score (nSPS) is 37.9. The zero-order chi connectivity index (χ0) is 9.31. The Labute approximate surface area is 81.7 Å². The van der Waals surface area contributed by atoms with Crippen LogP contribution in [0.4, 0.5) is 0 Å². The van der Waals surface area contributed by atoms with Crippen LogP contribution in [0.25, 0.3) is 0 Å². The van der Waals surface area contributed by atoms with Crippen LogP contribution in [0.15, 0.2) is 24.3 Å². The van der Waals surface area contributed by atoms with Gasteiger partial charge in [0.05, 0.1) is 0 Å². The Kier molecular flexibility index (Phi) is 2.31. The van der Waals surface area contributed by atoms with Crippen LogP contribution in [0.1, 0.15) is 39.5 Å². The van der Waals surface area contributed by atoms with Crippen molar-refractivity contribution >= 4 is 0 Å². The third-order valence-corrected chi connectivity index (χ3v) is 3.95. The van der Waals surface area contributed by atoms with E-state index in [1.165, 1.54) is 25.7 Å². The second-order valence-electron chi connectivity index (χ2n) is 4.82. The first-order valence-corrected chi connectivity index (χ1v) is 5.60. The first-order valence-electron chi connectivity index (χ1n) is 5.60. The van der Waals surface area contributed by atoms with Gasteiger partial charge in [-0.2, -0.15) is 0 Å². The van der Waals surface area contributed by atoms with Crippen molar-refractivity contribution in [2.75, 3.05) is 0 Å². The van der Waals surface area contributed by atoms with E-state index in [0.717, 1.165) is 11.8 Å². The third kappa shape index (κ3) is 1.37. The maximum absolute atomic E-state index is 2.51. The van der Waals surface area contributed by atoms with Gasteiger partial charge in [0.25, 0.3) is 0 Å². The van der Waals surface area contributed by atoms with E-state index in [2.05, 4.69) is 38.2 Å². The highest BCUT2D eigenvalue weighted by Gasteiger charge is 2.39. The predicted molar refractivity (Wildman–Crippen MR) is 57.5 cm³/mol. The van der Waals surface area contributed by atoms with Gasteiger partial charge in [0, 0.05) is 0 Å². The lowest BCUT2D eigenvalue weighted by molar-refractivity contribution is 0.147. The molecule has 0 bridgehead atoms. The summed E-state index contributed by atoms with van der Waals surface area (Å²) in [5.41, 5.74) is 0.507. The fourth-order valence-corrected chi connectivity index (χ4v) is 3.02. The van der Waals surface area contributed by atoms with Gasteiger partial charge in [-0.3, -0.25) is 0 Å². The van der Waals surface area contributed by atoms with Crippen molar-refractivity contribution in [3.05, 3.63) is 24.3 Å². The minimum absolute atomic E-state index is 0.507. The Morgan fingerprint density at radius 1 is 1.23 bits per heavy atom. The minimum atomic E-state index is 0.507. The van der Waals surface area contributed by atoms with Crippen molar-refractivity contribution in [1.29, 1.82) is 0 Å². The highest BCUT2D eigenvalue weighted by atomic mass is 14.4. The van der Waals surface area contributed by atoms with Gasteiger partial charge in [-0.1, -0.05) is 38.2 Å². The molecule has 2 aliphatic rings. The Balaban J connectivity index is 2.33. The summed E-state index contributed by atoms with van der Waals surface area (Å²) in [5, 5.41) is 0. The molecule has 0 fully saturated rings. The van der Waals surface area contributed by atoms with E-state index < -0.39 is 0 Å². The molecule has 0 heterocycles. The summed E-state index contributed by atoms with van der Waals surface area (Å²) >= 11 is 0. The van der Waals surface area contributed by atoms with Gasteiger partial charge in [-0.15, -0.1) is 0 Å². The summed E-state index contributed by atoms with van der Waals surface area (Å²) in [5.74, 6) is 1.62. The molecule has 0 nitrogen and oxygen atoms in total. The summed E-state index contributed by atoms with van der Waals surface area (Å²) in [6.45, 7) is 4.75. The Morgan fingerprint density at radius 2 is 2.08 bits per heavy atom. The van der Waals surface area contributed by atoms with Crippen LogP contribution in [0, 0.1) is 17.3 Å². The molecule has 0 N–H and O–H groups in total. The molecular weight excluding hydrogens is 156 g/mol. The van der Waals surface area contributed by atoms with E-state index in [1.54, 1.807) is 0 Å². The Morgan fingerprint density at radius 3 is 2.77 bits per heavy atom. The Hall–Kier alpha value is -0.520. The van der Waals surface area contributed by atoms with Gasteiger partial charge >= 0.3 is 0 Å². The minimum Gasteiger partial charge on any atom is -0.0882 e. The molecule has 0 amide bonds. The van der Waals surface area contributed by atoms with Crippen LogP contribution in [-0.4, -0.2) is 0 Å². The largest absolute Gasteiger partial charge is 0.0882 e. The van der Waals surface area contributed by atoms with Crippen molar-refractivity contribution in [1.82, 2.24) is 0 Å². The zero-order valence-electron chi connectivity index (χ0n) is 8.79. The predicted octanol–water partition coefficient (Wildman–Crippen LogP) is 3.95. The fraction of sp³-hybridized carbons (Fsp3) is 0.692. The summed E-state index contributed by atoms with van der Waals surface area (Å²) in [6, 6.07) is 0.